The predicted octanol–water partition coefficient (Wildman–Crippen LogP) is 1.57. The Labute approximate surface area is 49.4 Å². The van der Waals surface area contributed by atoms with Gasteiger partial charge in [-0.1, -0.05) is 17.7 Å². The highest BCUT2D eigenvalue weighted by Gasteiger charge is 1.83. The molecule has 0 saturated carbocycles. The Balaban J connectivity index is 2.69. The number of allylic oxidation sites excluding steroid dienone is 3. The maximum Gasteiger partial charge on any atom is 0.0599 e. The van der Waals surface area contributed by atoms with Crippen molar-refractivity contribution in [1.82, 2.24) is 0 Å². The lowest BCUT2D eigenvalue weighted by molar-refractivity contribution is 1.15. The summed E-state index contributed by atoms with van der Waals surface area (Å²) >= 11 is 0. The summed E-state index contributed by atoms with van der Waals surface area (Å²) in [6.07, 6.45) is 7.85. The van der Waals surface area contributed by atoms with Crippen LogP contribution in [0.2, 0.25) is 0 Å². The van der Waals surface area contributed by atoms with Crippen molar-refractivity contribution in [1.29, 1.82) is 0 Å². The lowest BCUT2D eigenvalue weighted by Gasteiger charge is -1.86. The zero-order chi connectivity index (χ0) is 5.82. The maximum absolute atomic E-state index is 4.07. The van der Waals surface area contributed by atoms with E-state index < -0.39 is 0 Å². The first kappa shape index (κ1) is 5.29. The Bertz CT molecular complexity index is 152. The zero-order valence-electron chi connectivity index (χ0n) is 4.96. The Morgan fingerprint density at radius 3 is 3.25 bits per heavy atom. The highest BCUT2D eigenvalue weighted by Crippen LogP contribution is 1.95. The molecule has 1 rings (SSSR count). The topological polar surface area (TPSA) is 12.4 Å². The Morgan fingerprint density at radius 2 is 2.38 bits per heavy atom. The summed E-state index contributed by atoms with van der Waals surface area (Å²) < 4.78 is 0. The maximum atomic E-state index is 4.07. The molecule has 1 aliphatic rings. The van der Waals surface area contributed by atoms with E-state index in [1.165, 1.54) is 5.57 Å². The highest BCUT2D eigenvalue weighted by molar-refractivity contribution is 5.72. The summed E-state index contributed by atoms with van der Waals surface area (Å²) in [5, 5.41) is 0. The molecule has 0 aromatic rings. The predicted molar refractivity (Wildman–Crippen MR) is 36.3 cm³/mol. The first-order chi connectivity index (χ1) is 3.89. The highest BCUT2D eigenvalue weighted by atomic mass is 14.7. The molecule has 0 fully saturated rings. The Hall–Kier alpha value is -0.850. The second-order valence-electron chi connectivity index (χ2n) is 1.89. The van der Waals surface area contributed by atoms with Gasteiger partial charge >= 0.3 is 0 Å². The molecule has 0 aliphatic carbocycles. The van der Waals surface area contributed by atoms with Crippen LogP contribution in [0.1, 0.15) is 6.92 Å². The molecule has 0 spiro atoms. The molecule has 0 bridgehead atoms. The molecule has 0 atom stereocenters. The van der Waals surface area contributed by atoms with Gasteiger partial charge in [0.2, 0.25) is 0 Å². The number of rotatable bonds is 0. The van der Waals surface area contributed by atoms with Crippen LogP contribution in [0.25, 0.3) is 0 Å². The normalized spacial score (nSPS) is 17.9. The van der Waals surface area contributed by atoms with E-state index >= 15 is 0 Å². The van der Waals surface area contributed by atoms with E-state index in [2.05, 4.69) is 18.0 Å². The minimum atomic E-state index is 0.854. The van der Waals surface area contributed by atoms with Crippen molar-refractivity contribution in [3.8, 4) is 0 Å². The van der Waals surface area contributed by atoms with Gasteiger partial charge in [-0.05, 0) is 13.0 Å². The van der Waals surface area contributed by atoms with Crippen molar-refractivity contribution in [2.75, 3.05) is 6.54 Å². The summed E-state index contributed by atoms with van der Waals surface area (Å²) in [7, 11) is 0. The fourth-order valence-electron chi connectivity index (χ4n) is 0.580. The lowest BCUT2D eigenvalue weighted by atomic mass is 10.3. The van der Waals surface area contributed by atoms with E-state index in [9.17, 15) is 0 Å². The van der Waals surface area contributed by atoms with E-state index in [1.54, 1.807) is 0 Å². The van der Waals surface area contributed by atoms with Crippen LogP contribution in [0.5, 0.6) is 0 Å². The lowest BCUT2D eigenvalue weighted by Crippen LogP contribution is -1.78. The van der Waals surface area contributed by atoms with Gasteiger partial charge < -0.3 is 0 Å². The fraction of sp³-hybridized carbons (Fsp3) is 0.286. The number of hydrogen-bond acceptors (Lipinski definition) is 1. The van der Waals surface area contributed by atoms with Gasteiger partial charge in [-0.15, -0.1) is 0 Å². The fourth-order valence-corrected chi connectivity index (χ4v) is 0.580. The van der Waals surface area contributed by atoms with E-state index in [0.29, 0.717) is 0 Å². The van der Waals surface area contributed by atoms with Crippen LogP contribution in [-0.2, 0) is 0 Å². The van der Waals surface area contributed by atoms with Crippen LogP contribution in [-0.4, -0.2) is 12.8 Å². The molecular weight excluding hydrogens is 98.1 g/mol. The molecule has 0 radical (unpaired) electrons. The second kappa shape index (κ2) is 2.46. The quantitative estimate of drug-likeness (QED) is 0.445. The van der Waals surface area contributed by atoms with E-state index in [4.69, 9.17) is 0 Å². The van der Waals surface area contributed by atoms with Gasteiger partial charge in [0.05, 0.1) is 6.54 Å². The van der Waals surface area contributed by atoms with Crippen molar-refractivity contribution in [3.63, 3.8) is 0 Å². The molecule has 0 N–H and O–H groups in total. The van der Waals surface area contributed by atoms with Gasteiger partial charge in [0.25, 0.3) is 0 Å². The molecular formula is C7H9N. The largest absolute Gasteiger partial charge is 0.289 e. The van der Waals surface area contributed by atoms with Crippen molar-refractivity contribution >= 4 is 6.21 Å². The van der Waals surface area contributed by atoms with E-state index in [0.717, 1.165) is 6.54 Å². The monoisotopic (exact) mass is 107 g/mol. The van der Waals surface area contributed by atoms with Gasteiger partial charge in [0.1, 0.15) is 0 Å². The van der Waals surface area contributed by atoms with Gasteiger partial charge in [0, 0.05) is 6.21 Å². The Morgan fingerprint density at radius 1 is 1.50 bits per heavy atom. The van der Waals surface area contributed by atoms with Crippen LogP contribution >= 0.6 is 0 Å². The second-order valence-corrected chi connectivity index (χ2v) is 1.89. The molecule has 0 unspecified atom stereocenters. The smallest absolute Gasteiger partial charge is 0.0599 e. The van der Waals surface area contributed by atoms with E-state index in [-0.39, 0.29) is 0 Å². The summed E-state index contributed by atoms with van der Waals surface area (Å²) in [6.45, 7) is 2.93. The zero-order valence-corrected chi connectivity index (χ0v) is 4.96. The third kappa shape index (κ3) is 1.34. The average molecular weight is 107 g/mol. The van der Waals surface area contributed by atoms with Gasteiger partial charge in [-0.3, -0.25) is 4.99 Å². The number of nitrogens with zero attached hydrogens (tertiary/aromatic N) is 1. The van der Waals surface area contributed by atoms with Crippen molar-refractivity contribution < 1.29 is 0 Å². The van der Waals surface area contributed by atoms with Crippen molar-refractivity contribution in [2.24, 2.45) is 4.99 Å². The molecule has 1 heterocycles. The molecule has 1 heteroatoms. The summed E-state index contributed by atoms with van der Waals surface area (Å²) in [5.74, 6) is 0. The minimum Gasteiger partial charge on any atom is -0.289 e. The first-order valence-corrected chi connectivity index (χ1v) is 2.72. The molecule has 1 aliphatic heterocycles. The van der Waals surface area contributed by atoms with Gasteiger partial charge in [0.15, 0.2) is 0 Å². The molecule has 8 heavy (non-hydrogen) atoms. The Kier molecular flexibility index (Phi) is 1.62. The third-order valence-corrected chi connectivity index (χ3v) is 1.02. The summed E-state index contributed by atoms with van der Waals surface area (Å²) in [5.41, 5.74) is 1.31. The summed E-state index contributed by atoms with van der Waals surface area (Å²) in [6, 6.07) is 0. The molecule has 0 aromatic heterocycles. The molecule has 0 amide bonds. The van der Waals surface area contributed by atoms with Crippen LogP contribution in [0.4, 0.5) is 0 Å². The third-order valence-electron chi connectivity index (χ3n) is 1.02. The van der Waals surface area contributed by atoms with Crippen LogP contribution in [0, 0.1) is 0 Å². The van der Waals surface area contributed by atoms with Gasteiger partial charge in [-0.2, -0.15) is 0 Å². The van der Waals surface area contributed by atoms with Gasteiger partial charge in [-0.25, -0.2) is 0 Å². The van der Waals surface area contributed by atoms with Crippen LogP contribution < -0.4 is 0 Å². The minimum absolute atomic E-state index is 0.854. The van der Waals surface area contributed by atoms with Crippen LogP contribution in [0.15, 0.2) is 28.8 Å². The standard InChI is InChI=1S/C7H9N/c1-7-4-2-3-5-8-6-7/h2-5H,6H2,1H3. The SMILES string of the molecule is CC1=CC=CC=NC1. The molecule has 0 saturated heterocycles. The molecule has 1 nitrogen and oxygen atoms in total. The number of aliphatic imine (C=N–C) groups is 1. The number of hydrogen-bond donors (Lipinski definition) is 0. The first-order valence-electron chi connectivity index (χ1n) is 2.72. The average Bonchev–Trinajstić information content (AvgIpc) is 1.94. The van der Waals surface area contributed by atoms with E-state index in [1.807, 2.05) is 18.4 Å². The van der Waals surface area contributed by atoms with Crippen molar-refractivity contribution in [3.05, 3.63) is 23.8 Å². The molecule has 42 valence electrons. The van der Waals surface area contributed by atoms with Crippen LogP contribution in [0.3, 0.4) is 0 Å². The van der Waals surface area contributed by atoms with Crippen molar-refractivity contribution in [2.45, 2.75) is 6.92 Å². The molecule has 0 aromatic carbocycles. The summed E-state index contributed by atoms with van der Waals surface area (Å²) in [4.78, 5) is 4.07.